The van der Waals surface area contributed by atoms with Crippen molar-refractivity contribution in [3.05, 3.63) is 29.8 Å². The van der Waals surface area contributed by atoms with Crippen molar-refractivity contribution in [1.29, 1.82) is 0 Å². The molecule has 1 aromatic carbocycles. The number of phenols is 1. The van der Waals surface area contributed by atoms with Gasteiger partial charge in [-0.15, -0.1) is 24.0 Å². The number of aliphatic imine (C=N–C) groups is 1. The van der Waals surface area contributed by atoms with E-state index in [0.29, 0.717) is 18.7 Å². The Morgan fingerprint density at radius 1 is 1.31 bits per heavy atom. The average molecular weight is 473 g/mol. The quantitative estimate of drug-likeness (QED) is 0.334. The molecule has 1 spiro atoms. The molecule has 2 saturated carbocycles. The third-order valence-corrected chi connectivity index (χ3v) is 5.67. The summed E-state index contributed by atoms with van der Waals surface area (Å²) in [5, 5.41) is 16.6. The Morgan fingerprint density at radius 3 is 2.73 bits per heavy atom. The molecule has 3 rings (SSSR count). The lowest BCUT2D eigenvalue weighted by Gasteiger charge is -2.54. The molecule has 2 unspecified atom stereocenters. The van der Waals surface area contributed by atoms with E-state index in [9.17, 15) is 5.11 Å². The number of nitrogens with zero attached hydrogens (tertiary/aromatic N) is 1. The zero-order valence-corrected chi connectivity index (χ0v) is 18.2. The van der Waals surface area contributed by atoms with Crippen LogP contribution in [0.3, 0.4) is 0 Å². The maximum Gasteiger partial charge on any atom is 0.191 e. The number of rotatable bonds is 6. The molecular formula is C20H32IN3O2. The van der Waals surface area contributed by atoms with Gasteiger partial charge in [-0.1, -0.05) is 25.0 Å². The molecule has 5 nitrogen and oxygen atoms in total. The van der Waals surface area contributed by atoms with Crippen LogP contribution in [0.1, 0.15) is 51.5 Å². The van der Waals surface area contributed by atoms with Gasteiger partial charge in [-0.2, -0.15) is 0 Å². The zero-order chi connectivity index (χ0) is 17.7. The maximum atomic E-state index is 9.60. The van der Waals surface area contributed by atoms with Gasteiger partial charge in [0.25, 0.3) is 0 Å². The van der Waals surface area contributed by atoms with E-state index in [1.807, 2.05) is 12.1 Å². The molecule has 2 aliphatic carbocycles. The monoisotopic (exact) mass is 473 g/mol. The van der Waals surface area contributed by atoms with Crippen LogP contribution in [0.25, 0.3) is 0 Å². The predicted molar refractivity (Wildman–Crippen MR) is 116 cm³/mol. The Morgan fingerprint density at radius 2 is 2.08 bits per heavy atom. The normalized spacial score (nSPS) is 24.0. The summed E-state index contributed by atoms with van der Waals surface area (Å²) >= 11 is 0. The first-order chi connectivity index (χ1) is 12.2. The number of hydrogen-bond donors (Lipinski definition) is 3. The highest BCUT2D eigenvalue weighted by Crippen LogP contribution is 2.54. The van der Waals surface area contributed by atoms with Crippen LogP contribution in [0.5, 0.6) is 5.75 Å². The summed E-state index contributed by atoms with van der Waals surface area (Å²) in [5.74, 6) is 1.14. The highest BCUT2D eigenvalue weighted by Gasteiger charge is 2.56. The van der Waals surface area contributed by atoms with Gasteiger partial charge in [0.05, 0.1) is 12.6 Å². The van der Waals surface area contributed by atoms with Crippen LogP contribution in [0.2, 0.25) is 0 Å². The fraction of sp³-hybridized carbons (Fsp3) is 0.650. The number of halogens is 1. The van der Waals surface area contributed by atoms with Gasteiger partial charge in [-0.25, -0.2) is 4.99 Å². The summed E-state index contributed by atoms with van der Waals surface area (Å²) < 4.78 is 6.00. The van der Waals surface area contributed by atoms with E-state index in [0.717, 1.165) is 31.1 Å². The summed E-state index contributed by atoms with van der Waals surface area (Å²) in [6.45, 7) is 6.36. The molecule has 6 heteroatoms. The first-order valence-corrected chi connectivity index (χ1v) is 9.62. The lowest BCUT2D eigenvalue weighted by Crippen LogP contribution is -2.65. The molecule has 0 aliphatic heterocycles. The second kappa shape index (κ2) is 9.78. The first-order valence-electron chi connectivity index (χ1n) is 9.62. The van der Waals surface area contributed by atoms with Gasteiger partial charge in [0, 0.05) is 24.6 Å². The molecule has 26 heavy (non-hydrogen) atoms. The summed E-state index contributed by atoms with van der Waals surface area (Å²) in [5.41, 5.74) is 1.30. The second-order valence-corrected chi connectivity index (χ2v) is 7.18. The van der Waals surface area contributed by atoms with E-state index in [1.54, 1.807) is 12.1 Å². The van der Waals surface area contributed by atoms with Crippen LogP contribution in [-0.2, 0) is 11.3 Å². The van der Waals surface area contributed by atoms with Crippen molar-refractivity contribution in [3.63, 3.8) is 0 Å². The Bertz CT molecular complexity index is 602. The lowest BCUT2D eigenvalue weighted by molar-refractivity contribution is -0.125. The Labute approximate surface area is 174 Å². The molecule has 0 heterocycles. The summed E-state index contributed by atoms with van der Waals surface area (Å²) in [4.78, 5) is 4.71. The number of phenolic OH excluding ortho intramolecular Hbond substituents is 1. The number of ether oxygens (including phenoxy) is 1. The molecule has 0 bridgehead atoms. The SMILES string of the molecule is CCNC(=NCc1cccc(O)c1)NC1CC(OCC)C12CCCC2.I. The predicted octanol–water partition coefficient (Wildman–Crippen LogP) is 3.80. The molecule has 0 amide bonds. The van der Waals surface area contributed by atoms with Crippen molar-refractivity contribution in [2.75, 3.05) is 13.2 Å². The van der Waals surface area contributed by atoms with Gasteiger partial charge in [0.15, 0.2) is 5.96 Å². The molecule has 146 valence electrons. The molecule has 2 fully saturated rings. The summed E-state index contributed by atoms with van der Waals surface area (Å²) in [6.07, 6.45) is 6.57. The molecule has 0 aromatic heterocycles. The van der Waals surface area contributed by atoms with Crippen LogP contribution in [0, 0.1) is 5.41 Å². The minimum absolute atomic E-state index is 0. The van der Waals surface area contributed by atoms with Crippen LogP contribution in [-0.4, -0.2) is 36.4 Å². The van der Waals surface area contributed by atoms with Crippen LogP contribution in [0.15, 0.2) is 29.3 Å². The van der Waals surface area contributed by atoms with Crippen LogP contribution < -0.4 is 10.6 Å². The van der Waals surface area contributed by atoms with Crippen LogP contribution >= 0.6 is 24.0 Å². The minimum Gasteiger partial charge on any atom is -0.508 e. The zero-order valence-electron chi connectivity index (χ0n) is 15.8. The molecule has 2 atom stereocenters. The minimum atomic E-state index is 0. The van der Waals surface area contributed by atoms with E-state index < -0.39 is 0 Å². The van der Waals surface area contributed by atoms with Gasteiger partial charge < -0.3 is 20.5 Å². The third-order valence-electron chi connectivity index (χ3n) is 5.67. The number of nitrogens with one attached hydrogen (secondary N) is 2. The first kappa shape index (κ1) is 21.3. The van der Waals surface area contributed by atoms with Crippen molar-refractivity contribution in [3.8, 4) is 5.75 Å². The van der Waals surface area contributed by atoms with E-state index >= 15 is 0 Å². The Hall–Kier alpha value is -1.02. The number of aromatic hydroxyl groups is 1. The van der Waals surface area contributed by atoms with Crippen molar-refractivity contribution >= 4 is 29.9 Å². The Balaban J connectivity index is 0.00000243. The van der Waals surface area contributed by atoms with Crippen molar-refractivity contribution in [1.82, 2.24) is 10.6 Å². The molecule has 1 aromatic rings. The van der Waals surface area contributed by atoms with E-state index in [2.05, 4.69) is 24.5 Å². The number of hydrogen-bond acceptors (Lipinski definition) is 3. The topological polar surface area (TPSA) is 65.9 Å². The summed E-state index contributed by atoms with van der Waals surface area (Å²) in [7, 11) is 0. The molecular weight excluding hydrogens is 441 g/mol. The standard InChI is InChI=1S/C20H31N3O2.HI/c1-3-21-19(22-14-15-8-7-9-16(24)12-15)23-17-13-18(25-4-2)20(17)10-5-6-11-20;/h7-9,12,17-18,24H,3-6,10-11,13-14H2,1-2H3,(H2,21,22,23);1H. The molecule has 0 radical (unpaired) electrons. The van der Waals surface area contributed by atoms with E-state index in [-0.39, 0.29) is 35.1 Å². The van der Waals surface area contributed by atoms with Crippen molar-refractivity contribution in [2.24, 2.45) is 10.4 Å². The summed E-state index contributed by atoms with van der Waals surface area (Å²) in [6, 6.07) is 7.73. The van der Waals surface area contributed by atoms with Crippen molar-refractivity contribution in [2.45, 2.75) is 64.6 Å². The largest absolute Gasteiger partial charge is 0.508 e. The highest BCUT2D eigenvalue weighted by atomic mass is 127. The smallest absolute Gasteiger partial charge is 0.191 e. The Kier molecular flexibility index (Phi) is 8.01. The van der Waals surface area contributed by atoms with Gasteiger partial charge >= 0.3 is 0 Å². The lowest BCUT2D eigenvalue weighted by atomic mass is 9.60. The number of guanidine groups is 1. The van der Waals surface area contributed by atoms with E-state index in [1.165, 1.54) is 25.7 Å². The number of benzene rings is 1. The van der Waals surface area contributed by atoms with Gasteiger partial charge in [0.1, 0.15) is 5.75 Å². The fourth-order valence-corrected chi connectivity index (χ4v) is 4.40. The van der Waals surface area contributed by atoms with Crippen molar-refractivity contribution < 1.29 is 9.84 Å². The van der Waals surface area contributed by atoms with Crippen LogP contribution in [0.4, 0.5) is 0 Å². The third kappa shape index (κ3) is 4.63. The molecule has 3 N–H and O–H groups in total. The second-order valence-electron chi connectivity index (χ2n) is 7.18. The highest BCUT2D eigenvalue weighted by molar-refractivity contribution is 14.0. The average Bonchev–Trinajstić information content (AvgIpc) is 3.12. The molecule has 0 saturated heterocycles. The fourth-order valence-electron chi connectivity index (χ4n) is 4.40. The maximum absolute atomic E-state index is 9.60. The van der Waals surface area contributed by atoms with Gasteiger partial charge in [-0.3, -0.25) is 0 Å². The van der Waals surface area contributed by atoms with Gasteiger partial charge in [0.2, 0.25) is 0 Å². The molecule has 2 aliphatic rings. The van der Waals surface area contributed by atoms with E-state index in [4.69, 9.17) is 9.73 Å². The van der Waals surface area contributed by atoms with Gasteiger partial charge in [-0.05, 0) is 50.8 Å².